The maximum Gasteiger partial charge on any atom is 0.355 e. The Labute approximate surface area is 156 Å². The van der Waals surface area contributed by atoms with Gasteiger partial charge in [-0.15, -0.1) is 11.8 Å². The van der Waals surface area contributed by atoms with Gasteiger partial charge in [-0.05, 0) is 65.5 Å². The van der Waals surface area contributed by atoms with Crippen LogP contribution in [-0.2, 0) is 29.4 Å². The monoisotopic (exact) mass is 359 g/mol. The number of carbonyl (C=O) groups excluding carboxylic acids is 2. The smallest absolute Gasteiger partial charge is 0.355 e. The highest BCUT2D eigenvalue weighted by Crippen LogP contribution is 2.29. The second-order valence-corrected chi connectivity index (χ2v) is 8.57. The van der Waals surface area contributed by atoms with Crippen molar-refractivity contribution in [3.8, 4) is 11.8 Å². The molecule has 0 saturated carbocycles. The number of rotatable bonds is 2. The summed E-state index contributed by atoms with van der Waals surface area (Å²) in [6.45, 7) is 11.0. The molecule has 0 saturated heterocycles. The summed E-state index contributed by atoms with van der Waals surface area (Å²) in [6.07, 6.45) is 2.54. The van der Waals surface area contributed by atoms with E-state index in [4.69, 9.17) is 9.47 Å². The number of aromatic nitrogens is 1. The first-order valence-electron chi connectivity index (χ1n) is 9.03. The lowest BCUT2D eigenvalue weighted by Crippen LogP contribution is -2.27. The van der Waals surface area contributed by atoms with Gasteiger partial charge in [-0.1, -0.05) is 0 Å². The standard InChI is InChI=1S/C21H29NO4/c1-20(2,3)25-18(23)16-14-12-10-8-9-11-13-15(14)17(22(16)7)19(24)26-21(4,5)6/h10-13H2,1-7H3. The molecule has 142 valence electrons. The molecule has 0 N–H and O–H groups in total. The van der Waals surface area contributed by atoms with E-state index < -0.39 is 23.1 Å². The molecule has 5 heteroatoms. The van der Waals surface area contributed by atoms with Crippen LogP contribution in [0.25, 0.3) is 0 Å². The molecule has 26 heavy (non-hydrogen) atoms. The minimum atomic E-state index is -0.609. The molecule has 5 nitrogen and oxygen atoms in total. The zero-order chi connectivity index (χ0) is 19.7. The molecule has 0 amide bonds. The predicted molar refractivity (Wildman–Crippen MR) is 100 cm³/mol. The first kappa shape index (κ1) is 20.1. The van der Waals surface area contributed by atoms with E-state index >= 15 is 0 Å². The number of hydrogen-bond acceptors (Lipinski definition) is 4. The van der Waals surface area contributed by atoms with Crippen LogP contribution in [0.4, 0.5) is 0 Å². The van der Waals surface area contributed by atoms with Gasteiger partial charge < -0.3 is 14.0 Å². The van der Waals surface area contributed by atoms with E-state index in [-0.39, 0.29) is 0 Å². The largest absolute Gasteiger partial charge is 0.455 e. The SMILES string of the molecule is Cn1c(C(=O)OC(C)(C)C)c2c(c1C(=O)OC(C)(C)C)CCC#CCC2. The zero-order valence-corrected chi connectivity index (χ0v) is 16.9. The molecule has 1 aromatic rings. The third-order valence-corrected chi connectivity index (χ3v) is 3.92. The molecule has 0 aliphatic heterocycles. The van der Waals surface area contributed by atoms with Gasteiger partial charge in [0, 0.05) is 19.9 Å². The van der Waals surface area contributed by atoms with Gasteiger partial charge in [-0.2, -0.15) is 0 Å². The summed E-state index contributed by atoms with van der Waals surface area (Å²) < 4.78 is 12.8. The lowest BCUT2D eigenvalue weighted by atomic mass is 9.97. The molecule has 1 heterocycles. The van der Waals surface area contributed by atoms with Crippen LogP contribution in [0.2, 0.25) is 0 Å². The minimum absolute atomic E-state index is 0.417. The van der Waals surface area contributed by atoms with E-state index in [1.165, 1.54) is 0 Å². The van der Waals surface area contributed by atoms with Crippen molar-refractivity contribution < 1.29 is 19.1 Å². The van der Waals surface area contributed by atoms with E-state index in [1.807, 2.05) is 41.5 Å². The maximum atomic E-state index is 12.8. The van der Waals surface area contributed by atoms with Gasteiger partial charge in [0.15, 0.2) is 0 Å². The van der Waals surface area contributed by atoms with Gasteiger partial charge in [0.2, 0.25) is 0 Å². The first-order chi connectivity index (χ1) is 11.9. The van der Waals surface area contributed by atoms with Crippen LogP contribution in [0.5, 0.6) is 0 Å². The van der Waals surface area contributed by atoms with Crippen LogP contribution >= 0.6 is 0 Å². The van der Waals surface area contributed by atoms with Crippen molar-refractivity contribution in [1.82, 2.24) is 4.57 Å². The Morgan fingerprint density at radius 1 is 0.808 bits per heavy atom. The summed E-state index contributed by atoms with van der Waals surface area (Å²) in [5.41, 5.74) is 1.36. The van der Waals surface area contributed by atoms with Gasteiger partial charge in [0.1, 0.15) is 22.6 Å². The topological polar surface area (TPSA) is 57.5 Å². The molecule has 0 bridgehead atoms. The molecule has 0 aromatic carbocycles. The highest BCUT2D eigenvalue weighted by atomic mass is 16.6. The van der Waals surface area contributed by atoms with Crippen molar-refractivity contribution in [2.24, 2.45) is 7.05 Å². The summed E-state index contributed by atoms with van der Waals surface area (Å²) >= 11 is 0. The van der Waals surface area contributed by atoms with Crippen molar-refractivity contribution in [3.63, 3.8) is 0 Å². The van der Waals surface area contributed by atoms with Gasteiger partial charge in [-0.3, -0.25) is 0 Å². The minimum Gasteiger partial charge on any atom is -0.455 e. The molecule has 2 rings (SSSR count). The Kier molecular flexibility index (Phi) is 5.55. The third kappa shape index (κ3) is 4.69. The molecule has 1 aromatic heterocycles. The van der Waals surface area contributed by atoms with Crippen LogP contribution in [0.15, 0.2) is 0 Å². The van der Waals surface area contributed by atoms with Gasteiger partial charge in [0.25, 0.3) is 0 Å². The molecular weight excluding hydrogens is 330 g/mol. The van der Waals surface area contributed by atoms with Crippen molar-refractivity contribution in [2.45, 2.75) is 78.4 Å². The van der Waals surface area contributed by atoms with Gasteiger partial charge >= 0.3 is 11.9 Å². The summed E-state index contributed by atoms with van der Waals surface area (Å²) in [5, 5.41) is 0. The Bertz CT molecular complexity index is 715. The highest BCUT2D eigenvalue weighted by molar-refractivity contribution is 5.97. The maximum absolute atomic E-state index is 12.8. The van der Waals surface area contributed by atoms with Crippen LogP contribution in [-0.4, -0.2) is 27.7 Å². The van der Waals surface area contributed by atoms with Crippen LogP contribution < -0.4 is 0 Å². The molecule has 0 radical (unpaired) electrons. The molecule has 1 aliphatic rings. The Hall–Kier alpha value is -2.22. The zero-order valence-electron chi connectivity index (χ0n) is 16.9. The predicted octanol–water partition coefficient (Wildman–Crippen LogP) is 3.82. The van der Waals surface area contributed by atoms with Crippen molar-refractivity contribution >= 4 is 11.9 Å². The number of carbonyl (C=O) groups is 2. The van der Waals surface area contributed by atoms with Gasteiger partial charge in [-0.25, -0.2) is 9.59 Å². The lowest BCUT2D eigenvalue weighted by Gasteiger charge is -2.21. The van der Waals surface area contributed by atoms with E-state index in [2.05, 4.69) is 11.8 Å². The van der Waals surface area contributed by atoms with Crippen LogP contribution in [0.3, 0.4) is 0 Å². The number of hydrogen-bond donors (Lipinski definition) is 0. The van der Waals surface area contributed by atoms with E-state index in [0.717, 1.165) is 11.1 Å². The highest BCUT2D eigenvalue weighted by Gasteiger charge is 2.33. The second-order valence-electron chi connectivity index (χ2n) is 8.57. The average molecular weight is 359 g/mol. The Balaban J connectivity index is 2.57. The summed E-state index contributed by atoms with van der Waals surface area (Å²) in [5.74, 6) is 5.39. The van der Waals surface area contributed by atoms with Gasteiger partial charge in [0.05, 0.1) is 0 Å². The average Bonchev–Trinajstić information content (AvgIpc) is 2.66. The third-order valence-electron chi connectivity index (χ3n) is 3.92. The normalized spacial score (nSPS) is 14.4. The first-order valence-corrected chi connectivity index (χ1v) is 9.03. The summed E-state index contributed by atoms with van der Waals surface area (Å²) in [4.78, 5) is 25.7. The molecule has 0 fully saturated rings. The summed E-state index contributed by atoms with van der Waals surface area (Å²) in [7, 11) is 1.73. The number of esters is 2. The van der Waals surface area contributed by atoms with Crippen molar-refractivity contribution in [1.29, 1.82) is 0 Å². The molecule has 0 atom stereocenters. The molecule has 0 unspecified atom stereocenters. The molecule has 1 aliphatic carbocycles. The van der Waals surface area contributed by atoms with E-state index in [0.29, 0.717) is 37.1 Å². The fourth-order valence-electron chi connectivity index (χ4n) is 3.07. The number of ether oxygens (including phenoxy) is 2. The fraction of sp³-hybridized carbons (Fsp3) is 0.619. The van der Waals surface area contributed by atoms with Crippen molar-refractivity contribution in [2.75, 3.05) is 0 Å². The summed E-state index contributed by atoms with van der Waals surface area (Å²) in [6, 6.07) is 0. The quantitative estimate of drug-likeness (QED) is 0.595. The van der Waals surface area contributed by atoms with E-state index in [1.54, 1.807) is 11.6 Å². The number of nitrogens with zero attached hydrogens (tertiary/aromatic N) is 1. The van der Waals surface area contributed by atoms with E-state index in [9.17, 15) is 9.59 Å². The molecule has 0 spiro atoms. The van der Waals surface area contributed by atoms with Crippen LogP contribution in [0, 0.1) is 11.8 Å². The second kappa shape index (κ2) is 7.19. The van der Waals surface area contributed by atoms with Crippen molar-refractivity contribution in [3.05, 3.63) is 22.5 Å². The number of fused-ring (bicyclic) bond motifs is 1. The molecular formula is C21H29NO4. The van der Waals surface area contributed by atoms with Crippen LogP contribution in [0.1, 0.15) is 86.5 Å². The fourth-order valence-corrected chi connectivity index (χ4v) is 3.07. The Morgan fingerprint density at radius 2 is 1.15 bits per heavy atom. The Morgan fingerprint density at radius 3 is 1.46 bits per heavy atom. The lowest BCUT2D eigenvalue weighted by molar-refractivity contribution is 0.00524.